The second-order valence-electron chi connectivity index (χ2n) is 5.90. The molecule has 0 radical (unpaired) electrons. The molecule has 0 saturated heterocycles. The number of rotatable bonds is 8. The predicted molar refractivity (Wildman–Crippen MR) is 99.3 cm³/mol. The second-order valence-corrected chi connectivity index (χ2v) is 6.96. The van der Waals surface area contributed by atoms with Crippen LogP contribution in [-0.2, 0) is 11.2 Å². The Kier molecular flexibility index (Phi) is 6.94. The van der Waals surface area contributed by atoms with E-state index in [4.69, 9.17) is 5.73 Å². The second kappa shape index (κ2) is 9.17. The molecule has 25 heavy (non-hydrogen) atoms. The Morgan fingerprint density at radius 2 is 2.00 bits per heavy atom. The van der Waals surface area contributed by atoms with Gasteiger partial charge >= 0.3 is 6.03 Å². The number of nitrogens with one attached hydrogen (secondary N) is 1. The summed E-state index contributed by atoms with van der Waals surface area (Å²) in [6, 6.07) is 9.53. The van der Waals surface area contributed by atoms with E-state index in [0.717, 1.165) is 22.7 Å². The van der Waals surface area contributed by atoms with Crippen molar-refractivity contribution < 1.29 is 9.59 Å². The summed E-state index contributed by atoms with van der Waals surface area (Å²) in [4.78, 5) is 29.7. The highest BCUT2D eigenvalue weighted by Gasteiger charge is 2.18. The minimum Gasteiger partial charge on any atom is -0.370 e. The summed E-state index contributed by atoms with van der Waals surface area (Å²) in [7, 11) is 0. The van der Waals surface area contributed by atoms with Crippen molar-refractivity contribution in [3.05, 3.63) is 52.0 Å². The molecule has 2 aromatic rings. The van der Waals surface area contributed by atoms with Gasteiger partial charge in [-0.15, -0.1) is 11.3 Å². The van der Waals surface area contributed by atoms with Crippen LogP contribution in [0.2, 0.25) is 0 Å². The van der Waals surface area contributed by atoms with Gasteiger partial charge in [0, 0.05) is 24.9 Å². The van der Waals surface area contributed by atoms with Crippen molar-refractivity contribution in [3.63, 3.8) is 0 Å². The van der Waals surface area contributed by atoms with Crippen molar-refractivity contribution in [2.45, 2.75) is 32.7 Å². The fourth-order valence-electron chi connectivity index (χ4n) is 2.40. The van der Waals surface area contributed by atoms with Gasteiger partial charge in [-0.2, -0.15) is 0 Å². The highest BCUT2D eigenvalue weighted by atomic mass is 32.1. The average molecular weight is 360 g/mol. The number of thiazole rings is 1. The smallest absolute Gasteiger partial charge is 0.317 e. The Labute approximate surface area is 152 Å². The number of amides is 3. The largest absolute Gasteiger partial charge is 0.370 e. The van der Waals surface area contributed by atoms with Crippen LogP contribution in [0.3, 0.4) is 0 Å². The number of carbonyl (C=O) groups is 2. The lowest BCUT2D eigenvalue weighted by Gasteiger charge is -2.24. The molecule has 3 N–H and O–H groups in total. The monoisotopic (exact) mass is 360 g/mol. The number of benzene rings is 1. The molecule has 0 bridgehead atoms. The Morgan fingerprint density at radius 1 is 1.28 bits per heavy atom. The molecule has 1 atom stereocenters. The van der Waals surface area contributed by atoms with E-state index < -0.39 is 5.91 Å². The van der Waals surface area contributed by atoms with E-state index in [1.54, 1.807) is 16.2 Å². The van der Waals surface area contributed by atoms with Crippen molar-refractivity contribution in [2.24, 2.45) is 5.73 Å². The first-order valence-corrected chi connectivity index (χ1v) is 9.13. The number of nitrogens with two attached hydrogens (primary N) is 1. The van der Waals surface area contributed by atoms with Gasteiger partial charge in [0.2, 0.25) is 5.91 Å². The van der Waals surface area contributed by atoms with Crippen LogP contribution >= 0.6 is 11.3 Å². The lowest BCUT2D eigenvalue weighted by Crippen LogP contribution is -2.43. The third-order valence-corrected chi connectivity index (χ3v) is 4.64. The molecule has 0 spiro atoms. The number of primary amides is 1. The van der Waals surface area contributed by atoms with Crippen molar-refractivity contribution in [1.82, 2.24) is 15.2 Å². The molecule has 0 saturated carbocycles. The highest BCUT2D eigenvalue weighted by molar-refractivity contribution is 7.09. The van der Waals surface area contributed by atoms with Crippen molar-refractivity contribution in [3.8, 4) is 0 Å². The summed E-state index contributed by atoms with van der Waals surface area (Å²) in [6.45, 7) is 4.65. The summed E-state index contributed by atoms with van der Waals surface area (Å²) in [5.74, 6) is -0.416. The zero-order valence-corrected chi connectivity index (χ0v) is 15.4. The first-order valence-electron chi connectivity index (χ1n) is 8.25. The summed E-state index contributed by atoms with van der Waals surface area (Å²) >= 11 is 1.55. The number of carbonyl (C=O) groups excluding carboxylic acids is 2. The van der Waals surface area contributed by atoms with Gasteiger partial charge in [0.25, 0.3) is 0 Å². The molecule has 6 nitrogen and oxygen atoms in total. The molecule has 1 aromatic carbocycles. The van der Waals surface area contributed by atoms with E-state index in [1.807, 2.05) is 49.6 Å². The maximum Gasteiger partial charge on any atom is 0.317 e. The molecule has 134 valence electrons. The first-order chi connectivity index (χ1) is 12.0. The van der Waals surface area contributed by atoms with Gasteiger partial charge in [-0.05, 0) is 25.8 Å². The average Bonchev–Trinajstić information content (AvgIpc) is 3.02. The van der Waals surface area contributed by atoms with Crippen molar-refractivity contribution in [2.75, 3.05) is 13.1 Å². The van der Waals surface area contributed by atoms with Crippen LogP contribution in [-0.4, -0.2) is 34.9 Å². The molecule has 0 aliphatic heterocycles. The highest BCUT2D eigenvalue weighted by Crippen LogP contribution is 2.16. The Hall–Kier alpha value is -2.41. The number of urea groups is 1. The van der Waals surface area contributed by atoms with Gasteiger partial charge in [-0.1, -0.05) is 30.3 Å². The van der Waals surface area contributed by atoms with Gasteiger partial charge < -0.3 is 16.0 Å². The van der Waals surface area contributed by atoms with E-state index in [2.05, 4.69) is 10.3 Å². The third-order valence-electron chi connectivity index (χ3n) is 3.85. The van der Waals surface area contributed by atoms with Gasteiger partial charge in [-0.25, -0.2) is 9.78 Å². The third kappa shape index (κ3) is 6.19. The minimum atomic E-state index is -0.416. The molecule has 0 unspecified atom stereocenters. The van der Waals surface area contributed by atoms with E-state index >= 15 is 0 Å². The fraction of sp³-hybridized carbons (Fsp3) is 0.389. The topological polar surface area (TPSA) is 88.3 Å². The zero-order valence-electron chi connectivity index (χ0n) is 14.6. The van der Waals surface area contributed by atoms with Crippen LogP contribution < -0.4 is 11.1 Å². The molecular weight excluding hydrogens is 336 g/mol. The number of nitrogens with zero attached hydrogens (tertiary/aromatic N) is 2. The maximum atomic E-state index is 12.6. The summed E-state index contributed by atoms with van der Waals surface area (Å²) in [5, 5.41) is 5.85. The van der Waals surface area contributed by atoms with Gasteiger partial charge in [-0.3, -0.25) is 4.79 Å². The quantitative estimate of drug-likeness (QED) is 0.758. The van der Waals surface area contributed by atoms with E-state index in [1.165, 1.54) is 0 Å². The standard InChI is InChI=1S/C18H24N4O2S/c1-13(16-12-25-14(2)21-16)20-18(24)22(11-9-17(19)23)10-8-15-6-4-3-5-7-15/h3-7,12-13H,8-11H2,1-2H3,(H2,19,23)(H,20,24)/t13-/m1/s1. The van der Waals surface area contributed by atoms with E-state index in [0.29, 0.717) is 13.1 Å². The molecule has 0 fully saturated rings. The Balaban J connectivity index is 1.97. The van der Waals surface area contributed by atoms with Gasteiger partial charge in [0.1, 0.15) is 0 Å². The SMILES string of the molecule is Cc1nc([C@@H](C)NC(=O)N(CCC(N)=O)CCc2ccccc2)cs1. The molecule has 0 aliphatic rings. The summed E-state index contributed by atoms with van der Waals surface area (Å²) in [5.41, 5.74) is 7.22. The lowest BCUT2D eigenvalue weighted by molar-refractivity contribution is -0.118. The molecule has 2 rings (SSSR count). The minimum absolute atomic E-state index is 0.145. The molecule has 7 heteroatoms. The normalized spacial score (nSPS) is 11.8. The molecule has 1 heterocycles. The van der Waals surface area contributed by atoms with Crippen molar-refractivity contribution >= 4 is 23.3 Å². The predicted octanol–water partition coefficient (Wildman–Crippen LogP) is 2.64. The van der Waals surface area contributed by atoms with E-state index in [9.17, 15) is 9.59 Å². The lowest BCUT2D eigenvalue weighted by atomic mass is 10.1. The molecule has 0 aliphatic carbocycles. The van der Waals surface area contributed by atoms with Gasteiger partial charge in [0.15, 0.2) is 0 Å². The van der Waals surface area contributed by atoms with Crippen LogP contribution in [0.1, 0.15) is 35.7 Å². The fourth-order valence-corrected chi connectivity index (χ4v) is 3.10. The Bertz CT molecular complexity index is 702. The van der Waals surface area contributed by atoms with E-state index in [-0.39, 0.29) is 18.5 Å². The van der Waals surface area contributed by atoms with Crippen LogP contribution in [0, 0.1) is 6.92 Å². The molecule has 3 amide bonds. The summed E-state index contributed by atoms with van der Waals surface area (Å²) in [6.07, 6.45) is 0.865. The van der Waals surface area contributed by atoms with Crippen molar-refractivity contribution in [1.29, 1.82) is 0 Å². The van der Waals surface area contributed by atoms with Crippen LogP contribution in [0.5, 0.6) is 0 Å². The van der Waals surface area contributed by atoms with Crippen LogP contribution in [0.4, 0.5) is 4.79 Å². The molecular formula is C18H24N4O2S. The van der Waals surface area contributed by atoms with Crippen LogP contribution in [0.15, 0.2) is 35.7 Å². The van der Waals surface area contributed by atoms with Crippen LogP contribution in [0.25, 0.3) is 0 Å². The Morgan fingerprint density at radius 3 is 2.60 bits per heavy atom. The molecule has 1 aromatic heterocycles. The van der Waals surface area contributed by atoms with Gasteiger partial charge in [0.05, 0.1) is 16.7 Å². The zero-order chi connectivity index (χ0) is 18.2. The first kappa shape index (κ1) is 18.9. The maximum absolute atomic E-state index is 12.6. The number of hydrogen-bond acceptors (Lipinski definition) is 4. The number of hydrogen-bond donors (Lipinski definition) is 2. The summed E-state index contributed by atoms with van der Waals surface area (Å²) < 4.78 is 0. The number of aromatic nitrogens is 1. The number of aryl methyl sites for hydroxylation is 1.